The van der Waals surface area contributed by atoms with Crippen LogP contribution in [0.3, 0.4) is 0 Å². The molecule has 6 heteroatoms. The number of hydrogen-bond acceptors (Lipinski definition) is 4. The fourth-order valence-electron chi connectivity index (χ4n) is 2.27. The van der Waals surface area contributed by atoms with E-state index < -0.39 is 0 Å². The van der Waals surface area contributed by atoms with Gasteiger partial charge < -0.3 is 10.3 Å². The Kier molecular flexibility index (Phi) is 2.55. The second-order valence-corrected chi connectivity index (χ2v) is 4.47. The van der Waals surface area contributed by atoms with Gasteiger partial charge in [-0.3, -0.25) is 4.68 Å². The lowest BCUT2D eigenvalue weighted by molar-refractivity contribution is 0.569. The molecule has 1 aliphatic rings. The molecule has 0 bridgehead atoms. The second-order valence-electron chi connectivity index (χ2n) is 4.47. The van der Waals surface area contributed by atoms with E-state index in [1.165, 1.54) is 19.3 Å². The zero-order valence-electron chi connectivity index (χ0n) is 9.71. The smallest absolute Gasteiger partial charge is 0.154 e. The summed E-state index contributed by atoms with van der Waals surface area (Å²) >= 11 is 0. The quantitative estimate of drug-likeness (QED) is 0.832. The van der Waals surface area contributed by atoms with E-state index in [-0.39, 0.29) is 0 Å². The summed E-state index contributed by atoms with van der Waals surface area (Å²) in [7, 11) is 0. The normalized spacial score (nSPS) is 15.5. The molecule has 1 aliphatic heterocycles. The minimum absolute atomic E-state index is 0.643. The summed E-state index contributed by atoms with van der Waals surface area (Å²) < 4.78 is 4.03. The average molecular weight is 232 g/mol. The highest BCUT2D eigenvalue weighted by molar-refractivity contribution is 5.30. The fourth-order valence-corrected chi connectivity index (χ4v) is 2.27. The van der Waals surface area contributed by atoms with Crippen molar-refractivity contribution in [2.45, 2.75) is 38.8 Å². The third kappa shape index (κ3) is 2.02. The molecule has 17 heavy (non-hydrogen) atoms. The van der Waals surface area contributed by atoms with Gasteiger partial charge in [-0.2, -0.15) is 5.10 Å². The number of nitrogen functional groups attached to an aromatic ring is 1. The van der Waals surface area contributed by atoms with Gasteiger partial charge in [-0.1, -0.05) is 6.42 Å². The van der Waals surface area contributed by atoms with E-state index in [4.69, 9.17) is 5.73 Å². The standard InChI is InChI=1S/C11H16N6/c12-9-6-13-16(7-9)8-11-15-14-10-4-2-1-3-5-17(10)11/h6-7H,1-5,8,12H2. The molecule has 3 rings (SSSR count). The molecule has 0 unspecified atom stereocenters. The van der Waals surface area contributed by atoms with Gasteiger partial charge in [-0.15, -0.1) is 10.2 Å². The summed E-state index contributed by atoms with van der Waals surface area (Å²) in [4.78, 5) is 0. The van der Waals surface area contributed by atoms with E-state index in [1.807, 2.05) is 6.20 Å². The van der Waals surface area contributed by atoms with Crippen molar-refractivity contribution in [3.8, 4) is 0 Å². The maximum absolute atomic E-state index is 5.64. The Balaban J connectivity index is 1.86. The first kappa shape index (κ1) is 10.3. The van der Waals surface area contributed by atoms with Crippen LogP contribution in [0.25, 0.3) is 0 Å². The van der Waals surface area contributed by atoms with E-state index in [0.717, 1.165) is 24.6 Å². The summed E-state index contributed by atoms with van der Waals surface area (Å²) in [5.74, 6) is 2.09. The molecule has 0 radical (unpaired) electrons. The van der Waals surface area contributed by atoms with Crippen molar-refractivity contribution in [3.05, 3.63) is 24.0 Å². The monoisotopic (exact) mass is 232 g/mol. The summed E-state index contributed by atoms with van der Waals surface area (Å²) in [6, 6.07) is 0. The molecule has 0 saturated heterocycles. The lowest BCUT2D eigenvalue weighted by Gasteiger charge is -2.06. The van der Waals surface area contributed by atoms with Gasteiger partial charge in [0.05, 0.1) is 11.9 Å². The number of fused-ring (bicyclic) bond motifs is 1. The number of hydrogen-bond donors (Lipinski definition) is 1. The van der Waals surface area contributed by atoms with E-state index in [0.29, 0.717) is 12.2 Å². The average Bonchev–Trinajstić information content (AvgIpc) is 2.80. The van der Waals surface area contributed by atoms with Crippen molar-refractivity contribution < 1.29 is 0 Å². The Morgan fingerprint density at radius 2 is 2.18 bits per heavy atom. The van der Waals surface area contributed by atoms with Crippen LogP contribution in [-0.4, -0.2) is 24.5 Å². The zero-order valence-corrected chi connectivity index (χ0v) is 9.71. The lowest BCUT2D eigenvalue weighted by atomic mass is 10.2. The molecule has 3 heterocycles. The van der Waals surface area contributed by atoms with Crippen molar-refractivity contribution in [1.82, 2.24) is 24.5 Å². The zero-order chi connectivity index (χ0) is 11.7. The number of nitrogens with zero attached hydrogens (tertiary/aromatic N) is 5. The molecule has 0 aromatic carbocycles. The summed E-state index contributed by atoms with van der Waals surface area (Å²) in [6.45, 7) is 1.67. The molecule has 2 aromatic heterocycles. The van der Waals surface area contributed by atoms with E-state index in [2.05, 4.69) is 19.9 Å². The molecule has 90 valence electrons. The Hall–Kier alpha value is -1.85. The van der Waals surface area contributed by atoms with Gasteiger partial charge in [0.2, 0.25) is 0 Å². The van der Waals surface area contributed by atoms with Crippen LogP contribution < -0.4 is 5.73 Å². The van der Waals surface area contributed by atoms with Crippen LogP contribution in [0.15, 0.2) is 12.4 Å². The highest BCUT2D eigenvalue weighted by Gasteiger charge is 2.14. The number of aryl methyl sites for hydroxylation is 1. The lowest BCUT2D eigenvalue weighted by Crippen LogP contribution is -2.10. The molecule has 2 aromatic rings. The van der Waals surface area contributed by atoms with Crippen LogP contribution >= 0.6 is 0 Å². The van der Waals surface area contributed by atoms with Crippen LogP contribution in [0.5, 0.6) is 0 Å². The van der Waals surface area contributed by atoms with Crippen molar-refractivity contribution in [1.29, 1.82) is 0 Å². The van der Waals surface area contributed by atoms with Gasteiger partial charge in [0.25, 0.3) is 0 Å². The van der Waals surface area contributed by atoms with E-state index >= 15 is 0 Å². The van der Waals surface area contributed by atoms with Crippen LogP contribution in [0.1, 0.15) is 30.9 Å². The molecule has 0 amide bonds. The minimum Gasteiger partial charge on any atom is -0.396 e. The number of aromatic nitrogens is 5. The number of nitrogens with two attached hydrogens (primary N) is 1. The molecule has 6 nitrogen and oxygen atoms in total. The van der Waals surface area contributed by atoms with Gasteiger partial charge in [0, 0.05) is 19.2 Å². The predicted octanol–water partition coefficient (Wildman–Crippen LogP) is 0.831. The predicted molar refractivity (Wildman–Crippen MR) is 63.3 cm³/mol. The summed E-state index contributed by atoms with van der Waals surface area (Å²) in [6.07, 6.45) is 8.20. The van der Waals surface area contributed by atoms with Crippen LogP contribution in [0.4, 0.5) is 5.69 Å². The van der Waals surface area contributed by atoms with E-state index in [9.17, 15) is 0 Å². The fraction of sp³-hybridized carbons (Fsp3) is 0.545. The second kappa shape index (κ2) is 4.20. The first-order valence-corrected chi connectivity index (χ1v) is 6.02. The molecule has 2 N–H and O–H groups in total. The van der Waals surface area contributed by atoms with Crippen molar-refractivity contribution in [2.75, 3.05) is 5.73 Å². The summed E-state index contributed by atoms with van der Waals surface area (Å²) in [5.41, 5.74) is 6.33. The third-order valence-electron chi connectivity index (χ3n) is 3.14. The first-order valence-electron chi connectivity index (χ1n) is 6.02. The van der Waals surface area contributed by atoms with Crippen LogP contribution in [-0.2, 0) is 19.5 Å². The Morgan fingerprint density at radius 1 is 1.24 bits per heavy atom. The maximum Gasteiger partial charge on any atom is 0.154 e. The molecule has 0 saturated carbocycles. The number of anilines is 1. The van der Waals surface area contributed by atoms with Gasteiger partial charge in [0.1, 0.15) is 12.4 Å². The molecule has 0 fully saturated rings. The molecule has 0 atom stereocenters. The minimum atomic E-state index is 0.643. The van der Waals surface area contributed by atoms with E-state index in [1.54, 1.807) is 10.9 Å². The highest BCUT2D eigenvalue weighted by Crippen LogP contribution is 2.15. The topological polar surface area (TPSA) is 74.6 Å². The molecule has 0 aliphatic carbocycles. The Labute approximate surface area is 99.4 Å². The van der Waals surface area contributed by atoms with Gasteiger partial charge >= 0.3 is 0 Å². The first-order chi connectivity index (χ1) is 8.33. The van der Waals surface area contributed by atoms with Gasteiger partial charge in [0.15, 0.2) is 5.82 Å². The van der Waals surface area contributed by atoms with Crippen LogP contribution in [0, 0.1) is 0 Å². The summed E-state index contributed by atoms with van der Waals surface area (Å²) in [5, 5.41) is 12.7. The van der Waals surface area contributed by atoms with Crippen molar-refractivity contribution in [3.63, 3.8) is 0 Å². The maximum atomic E-state index is 5.64. The van der Waals surface area contributed by atoms with Crippen molar-refractivity contribution in [2.24, 2.45) is 0 Å². The van der Waals surface area contributed by atoms with Gasteiger partial charge in [-0.25, -0.2) is 0 Å². The van der Waals surface area contributed by atoms with Crippen LogP contribution in [0.2, 0.25) is 0 Å². The Morgan fingerprint density at radius 3 is 3.00 bits per heavy atom. The van der Waals surface area contributed by atoms with Crippen molar-refractivity contribution >= 4 is 5.69 Å². The molecular weight excluding hydrogens is 216 g/mol. The highest BCUT2D eigenvalue weighted by atomic mass is 15.3. The largest absolute Gasteiger partial charge is 0.396 e. The van der Waals surface area contributed by atoms with Gasteiger partial charge in [-0.05, 0) is 12.8 Å². The SMILES string of the molecule is Nc1cnn(Cc2nnc3n2CCCCC3)c1. The number of rotatable bonds is 2. The molecular formula is C11H16N6. The Bertz CT molecular complexity index is 512. The third-order valence-corrected chi connectivity index (χ3v) is 3.14. The molecule has 0 spiro atoms.